The lowest BCUT2D eigenvalue weighted by atomic mass is 10.1. The van der Waals surface area contributed by atoms with E-state index in [9.17, 15) is 0 Å². The van der Waals surface area contributed by atoms with Crippen LogP contribution in [0.15, 0.2) is 12.7 Å². The molecule has 0 saturated carbocycles. The molecule has 4 heterocycles. The summed E-state index contributed by atoms with van der Waals surface area (Å²) >= 11 is 0. The van der Waals surface area contributed by atoms with Crippen molar-refractivity contribution in [1.82, 2.24) is 30.2 Å². The molecule has 7 heteroatoms. The Bertz CT molecular complexity index is 568. The third-order valence-corrected chi connectivity index (χ3v) is 4.03. The Morgan fingerprint density at radius 1 is 1.11 bits per heavy atom. The highest BCUT2D eigenvalue weighted by Gasteiger charge is 2.34. The van der Waals surface area contributed by atoms with E-state index in [1.165, 1.54) is 0 Å². The molecule has 0 aromatic carbocycles. The Balaban J connectivity index is 1.49. The number of H-pyrrole nitrogens is 1. The number of nitrogens with one attached hydrogen (secondary N) is 2. The maximum absolute atomic E-state index is 4.39. The number of hydrogen-bond acceptors (Lipinski definition) is 6. The van der Waals surface area contributed by atoms with Crippen molar-refractivity contribution in [2.45, 2.75) is 6.04 Å². The summed E-state index contributed by atoms with van der Waals surface area (Å²) in [6, 6.07) is 0.662. The van der Waals surface area contributed by atoms with E-state index in [1.54, 1.807) is 12.7 Å². The van der Waals surface area contributed by atoms with Crippen LogP contribution < -0.4 is 10.2 Å². The van der Waals surface area contributed by atoms with Crippen molar-refractivity contribution in [2.75, 3.05) is 44.2 Å². The summed E-state index contributed by atoms with van der Waals surface area (Å²) in [5.74, 6) is 0.980. The van der Waals surface area contributed by atoms with E-state index in [2.05, 4.69) is 35.1 Å². The monoisotopic (exact) mass is 259 g/mol. The lowest BCUT2D eigenvalue weighted by Crippen LogP contribution is -2.63. The summed E-state index contributed by atoms with van der Waals surface area (Å²) in [5, 5.41) is 3.39. The van der Waals surface area contributed by atoms with Crippen LogP contribution in [0.2, 0.25) is 0 Å². The van der Waals surface area contributed by atoms with Crippen LogP contribution in [-0.4, -0.2) is 70.1 Å². The van der Waals surface area contributed by atoms with Crippen LogP contribution in [0.4, 0.5) is 5.82 Å². The van der Waals surface area contributed by atoms with E-state index in [0.29, 0.717) is 6.04 Å². The standard InChI is InChI=1S/C12H17N7/c1-3-18(4-2-13-1)9-5-19(6-9)12-10-11(15-7-14-10)16-8-17-12/h7-9,13H,1-6H2,(H,14,15,16,17). The normalized spacial score (nSPS) is 21.8. The Morgan fingerprint density at radius 2 is 1.95 bits per heavy atom. The van der Waals surface area contributed by atoms with Crippen molar-refractivity contribution in [3.05, 3.63) is 12.7 Å². The highest BCUT2D eigenvalue weighted by molar-refractivity contribution is 5.83. The van der Waals surface area contributed by atoms with E-state index in [1.807, 2.05) is 0 Å². The van der Waals surface area contributed by atoms with Gasteiger partial charge >= 0.3 is 0 Å². The highest BCUT2D eigenvalue weighted by atomic mass is 15.4. The number of hydrogen-bond donors (Lipinski definition) is 2. The first-order valence-corrected chi connectivity index (χ1v) is 6.75. The van der Waals surface area contributed by atoms with Crippen molar-refractivity contribution >= 4 is 17.0 Å². The van der Waals surface area contributed by atoms with E-state index in [-0.39, 0.29) is 0 Å². The number of rotatable bonds is 2. The van der Waals surface area contributed by atoms with Crippen LogP contribution in [0, 0.1) is 0 Å². The summed E-state index contributed by atoms with van der Waals surface area (Å²) in [6.07, 6.45) is 3.27. The van der Waals surface area contributed by atoms with E-state index >= 15 is 0 Å². The van der Waals surface area contributed by atoms with Crippen molar-refractivity contribution in [1.29, 1.82) is 0 Å². The van der Waals surface area contributed by atoms with E-state index in [0.717, 1.165) is 56.3 Å². The minimum Gasteiger partial charge on any atom is -0.351 e. The van der Waals surface area contributed by atoms with Gasteiger partial charge < -0.3 is 15.2 Å². The van der Waals surface area contributed by atoms with Gasteiger partial charge in [0.15, 0.2) is 11.5 Å². The molecule has 4 rings (SSSR count). The zero-order chi connectivity index (χ0) is 12.7. The van der Waals surface area contributed by atoms with Gasteiger partial charge in [-0.05, 0) is 0 Å². The first-order chi connectivity index (χ1) is 9.42. The smallest absolute Gasteiger partial charge is 0.182 e. The van der Waals surface area contributed by atoms with Crippen molar-refractivity contribution < 1.29 is 0 Å². The molecule has 2 N–H and O–H groups in total. The molecule has 0 bridgehead atoms. The average Bonchev–Trinajstić information content (AvgIpc) is 2.87. The molecule has 19 heavy (non-hydrogen) atoms. The maximum atomic E-state index is 4.39. The largest absolute Gasteiger partial charge is 0.351 e. The SMILES string of the molecule is c1nc(N2CC(N3CCNCC3)C2)c2[nH]cnc2n1. The quantitative estimate of drug-likeness (QED) is 0.754. The molecule has 0 spiro atoms. The number of fused-ring (bicyclic) bond motifs is 1. The Labute approximate surface area is 111 Å². The molecule has 2 fully saturated rings. The predicted octanol–water partition coefficient (Wildman–Crippen LogP) is -0.553. The summed E-state index contributed by atoms with van der Waals surface area (Å²) in [7, 11) is 0. The fourth-order valence-electron chi connectivity index (χ4n) is 2.90. The summed E-state index contributed by atoms with van der Waals surface area (Å²) < 4.78 is 0. The molecule has 2 aliphatic heterocycles. The second kappa shape index (κ2) is 4.43. The van der Waals surface area contributed by atoms with Gasteiger partial charge in [-0.3, -0.25) is 4.90 Å². The van der Waals surface area contributed by atoms with Crippen LogP contribution in [-0.2, 0) is 0 Å². The number of anilines is 1. The number of aromatic nitrogens is 4. The number of piperazine rings is 1. The molecule has 2 aromatic heterocycles. The molecule has 2 aliphatic rings. The topological polar surface area (TPSA) is 73.0 Å². The first-order valence-electron chi connectivity index (χ1n) is 6.75. The molecule has 2 saturated heterocycles. The molecule has 0 atom stereocenters. The fourth-order valence-corrected chi connectivity index (χ4v) is 2.90. The molecule has 0 radical (unpaired) electrons. The van der Waals surface area contributed by atoms with Gasteiger partial charge in [-0.2, -0.15) is 0 Å². The third-order valence-electron chi connectivity index (χ3n) is 4.03. The van der Waals surface area contributed by atoms with Gasteiger partial charge in [0.2, 0.25) is 0 Å². The minimum atomic E-state index is 0.662. The maximum Gasteiger partial charge on any atom is 0.182 e. The molecule has 100 valence electrons. The molecule has 7 nitrogen and oxygen atoms in total. The zero-order valence-electron chi connectivity index (χ0n) is 10.7. The second-order valence-corrected chi connectivity index (χ2v) is 5.14. The molecule has 0 amide bonds. The van der Waals surface area contributed by atoms with Crippen molar-refractivity contribution in [2.24, 2.45) is 0 Å². The zero-order valence-corrected chi connectivity index (χ0v) is 10.7. The average molecular weight is 259 g/mol. The van der Waals surface area contributed by atoms with E-state index in [4.69, 9.17) is 0 Å². The Morgan fingerprint density at radius 3 is 2.79 bits per heavy atom. The lowest BCUT2D eigenvalue weighted by Gasteiger charge is -2.47. The third kappa shape index (κ3) is 1.85. The van der Waals surface area contributed by atoms with Crippen LogP contribution in [0.5, 0.6) is 0 Å². The summed E-state index contributed by atoms with van der Waals surface area (Å²) in [4.78, 5) is 20.7. The predicted molar refractivity (Wildman–Crippen MR) is 72.1 cm³/mol. The van der Waals surface area contributed by atoms with Crippen molar-refractivity contribution in [3.63, 3.8) is 0 Å². The number of nitrogens with zero attached hydrogens (tertiary/aromatic N) is 5. The van der Waals surface area contributed by atoms with Crippen molar-refractivity contribution in [3.8, 4) is 0 Å². The van der Waals surface area contributed by atoms with Gasteiger partial charge in [-0.15, -0.1) is 0 Å². The summed E-state index contributed by atoms with van der Waals surface area (Å²) in [5.41, 5.74) is 1.69. The number of imidazole rings is 1. The lowest BCUT2D eigenvalue weighted by molar-refractivity contribution is 0.147. The van der Waals surface area contributed by atoms with Crippen LogP contribution in [0.1, 0.15) is 0 Å². The molecular weight excluding hydrogens is 242 g/mol. The molecular formula is C12H17N7. The Hall–Kier alpha value is -1.73. The molecule has 0 unspecified atom stereocenters. The number of aromatic amines is 1. The van der Waals surface area contributed by atoms with Gasteiger partial charge in [0.1, 0.15) is 11.8 Å². The van der Waals surface area contributed by atoms with Gasteiger partial charge in [0.25, 0.3) is 0 Å². The summed E-state index contributed by atoms with van der Waals surface area (Å²) in [6.45, 7) is 6.61. The van der Waals surface area contributed by atoms with Gasteiger partial charge in [0, 0.05) is 45.3 Å². The van der Waals surface area contributed by atoms with Gasteiger partial charge in [0.05, 0.1) is 6.33 Å². The second-order valence-electron chi connectivity index (χ2n) is 5.14. The van der Waals surface area contributed by atoms with Gasteiger partial charge in [-0.1, -0.05) is 0 Å². The van der Waals surface area contributed by atoms with Gasteiger partial charge in [-0.25, -0.2) is 15.0 Å². The van der Waals surface area contributed by atoms with Crippen LogP contribution in [0.3, 0.4) is 0 Å². The first kappa shape index (κ1) is 11.1. The van der Waals surface area contributed by atoms with Crippen LogP contribution in [0.25, 0.3) is 11.2 Å². The van der Waals surface area contributed by atoms with E-state index < -0.39 is 0 Å². The molecule has 2 aromatic rings. The van der Waals surface area contributed by atoms with Crippen LogP contribution >= 0.6 is 0 Å². The Kier molecular flexibility index (Phi) is 2.59. The fraction of sp³-hybridized carbons (Fsp3) is 0.583. The highest BCUT2D eigenvalue weighted by Crippen LogP contribution is 2.26. The molecule has 0 aliphatic carbocycles. The minimum absolute atomic E-state index is 0.662.